The SMILES string of the molecule is CCN(Cc1ccc2c(c1)OCO2)C(=O)CSc1nc(N)cc(N)n1. The average Bonchev–Trinajstić information content (AvgIpc) is 3.04. The molecule has 3 rings (SSSR count). The lowest BCUT2D eigenvalue weighted by atomic mass is 10.2. The van der Waals surface area contributed by atoms with Gasteiger partial charge in [-0.05, 0) is 24.6 Å². The van der Waals surface area contributed by atoms with Crippen molar-refractivity contribution in [3.8, 4) is 11.5 Å². The van der Waals surface area contributed by atoms with Crippen LogP contribution in [0.3, 0.4) is 0 Å². The minimum Gasteiger partial charge on any atom is -0.454 e. The third-order valence-electron chi connectivity index (χ3n) is 3.61. The number of aromatic nitrogens is 2. The van der Waals surface area contributed by atoms with Gasteiger partial charge >= 0.3 is 0 Å². The number of ether oxygens (including phenoxy) is 2. The summed E-state index contributed by atoms with van der Waals surface area (Å²) in [7, 11) is 0. The van der Waals surface area contributed by atoms with Crippen LogP contribution in [0.4, 0.5) is 11.6 Å². The first kappa shape index (κ1) is 17.2. The van der Waals surface area contributed by atoms with E-state index >= 15 is 0 Å². The van der Waals surface area contributed by atoms with E-state index in [-0.39, 0.29) is 30.1 Å². The van der Waals surface area contributed by atoms with E-state index in [1.54, 1.807) is 4.90 Å². The Morgan fingerprint density at radius 1 is 1.20 bits per heavy atom. The number of hydrogen-bond donors (Lipinski definition) is 2. The first-order valence-electron chi connectivity index (χ1n) is 7.74. The van der Waals surface area contributed by atoms with Crippen molar-refractivity contribution in [1.29, 1.82) is 0 Å². The van der Waals surface area contributed by atoms with Gasteiger partial charge in [0.05, 0.1) is 5.75 Å². The highest BCUT2D eigenvalue weighted by Gasteiger charge is 2.17. The van der Waals surface area contributed by atoms with Gasteiger partial charge in [-0.1, -0.05) is 17.8 Å². The maximum atomic E-state index is 12.5. The quantitative estimate of drug-likeness (QED) is 0.587. The van der Waals surface area contributed by atoms with Gasteiger partial charge in [-0.25, -0.2) is 9.97 Å². The van der Waals surface area contributed by atoms with E-state index in [4.69, 9.17) is 20.9 Å². The number of carbonyl (C=O) groups excluding carboxylic acids is 1. The molecular formula is C16H19N5O3S. The molecule has 0 fully saturated rings. The molecule has 1 aliphatic rings. The summed E-state index contributed by atoms with van der Waals surface area (Å²) in [5, 5.41) is 0.394. The molecule has 9 heteroatoms. The van der Waals surface area contributed by atoms with Crippen LogP contribution in [0, 0.1) is 0 Å². The lowest BCUT2D eigenvalue weighted by Crippen LogP contribution is -2.31. The molecule has 2 heterocycles. The maximum absolute atomic E-state index is 12.5. The van der Waals surface area contributed by atoms with E-state index in [1.807, 2.05) is 25.1 Å². The molecule has 1 aromatic carbocycles. The van der Waals surface area contributed by atoms with Crippen molar-refractivity contribution in [2.45, 2.75) is 18.6 Å². The largest absolute Gasteiger partial charge is 0.454 e. The van der Waals surface area contributed by atoms with Crippen LogP contribution in [0.2, 0.25) is 0 Å². The summed E-state index contributed by atoms with van der Waals surface area (Å²) in [6.07, 6.45) is 0. The highest BCUT2D eigenvalue weighted by Crippen LogP contribution is 2.32. The highest BCUT2D eigenvalue weighted by molar-refractivity contribution is 7.99. The summed E-state index contributed by atoms with van der Waals surface area (Å²) in [5.74, 6) is 2.20. The van der Waals surface area contributed by atoms with Crippen molar-refractivity contribution in [3.05, 3.63) is 29.8 Å². The van der Waals surface area contributed by atoms with Crippen LogP contribution in [0.5, 0.6) is 11.5 Å². The average molecular weight is 361 g/mol. The molecule has 0 unspecified atom stereocenters. The number of nitrogen functional groups attached to an aromatic ring is 2. The van der Waals surface area contributed by atoms with Crippen LogP contribution >= 0.6 is 11.8 Å². The van der Waals surface area contributed by atoms with Gasteiger partial charge in [-0.3, -0.25) is 4.79 Å². The number of amides is 1. The fraction of sp³-hybridized carbons (Fsp3) is 0.312. The number of thioether (sulfide) groups is 1. The number of hydrogen-bond acceptors (Lipinski definition) is 8. The Hall–Kier alpha value is -2.68. The van der Waals surface area contributed by atoms with Crippen molar-refractivity contribution >= 4 is 29.3 Å². The Balaban J connectivity index is 1.61. The number of anilines is 2. The number of rotatable bonds is 6. The molecular weight excluding hydrogens is 342 g/mol. The second kappa shape index (κ2) is 7.47. The molecule has 1 amide bonds. The van der Waals surface area contributed by atoms with E-state index in [0.717, 1.165) is 11.3 Å². The van der Waals surface area contributed by atoms with E-state index in [1.165, 1.54) is 17.8 Å². The fourth-order valence-electron chi connectivity index (χ4n) is 2.38. The molecule has 1 aromatic heterocycles. The summed E-state index contributed by atoms with van der Waals surface area (Å²) in [6.45, 7) is 3.25. The first-order chi connectivity index (χ1) is 12.0. The van der Waals surface area contributed by atoms with Crippen molar-refractivity contribution in [3.63, 3.8) is 0 Å². The van der Waals surface area contributed by atoms with Crippen LogP contribution in [0.25, 0.3) is 0 Å². The summed E-state index contributed by atoms with van der Waals surface area (Å²) in [5.41, 5.74) is 12.3. The molecule has 132 valence electrons. The van der Waals surface area contributed by atoms with Crippen molar-refractivity contribution in [1.82, 2.24) is 14.9 Å². The van der Waals surface area contributed by atoms with Gasteiger partial charge in [0.1, 0.15) is 11.6 Å². The minimum atomic E-state index is -0.0187. The van der Waals surface area contributed by atoms with Gasteiger partial charge in [0.25, 0.3) is 0 Å². The van der Waals surface area contributed by atoms with Crippen LogP contribution in [-0.4, -0.2) is 39.9 Å². The highest BCUT2D eigenvalue weighted by atomic mass is 32.2. The van der Waals surface area contributed by atoms with Crippen LogP contribution in [0.15, 0.2) is 29.4 Å². The zero-order valence-corrected chi connectivity index (χ0v) is 14.6. The Morgan fingerprint density at radius 3 is 2.64 bits per heavy atom. The van der Waals surface area contributed by atoms with E-state index in [0.29, 0.717) is 24.0 Å². The molecule has 0 saturated carbocycles. The molecule has 8 nitrogen and oxygen atoms in total. The summed E-state index contributed by atoms with van der Waals surface area (Å²) < 4.78 is 10.7. The number of carbonyl (C=O) groups is 1. The number of benzene rings is 1. The zero-order chi connectivity index (χ0) is 17.8. The Kier molecular flexibility index (Phi) is 5.13. The molecule has 0 spiro atoms. The molecule has 4 N–H and O–H groups in total. The molecule has 1 aliphatic heterocycles. The van der Waals surface area contributed by atoms with Gasteiger partial charge in [-0.2, -0.15) is 0 Å². The Morgan fingerprint density at radius 2 is 1.92 bits per heavy atom. The number of nitrogens with two attached hydrogens (primary N) is 2. The lowest BCUT2D eigenvalue weighted by Gasteiger charge is -2.21. The molecule has 0 atom stereocenters. The lowest BCUT2D eigenvalue weighted by molar-refractivity contribution is -0.128. The normalized spacial score (nSPS) is 12.2. The van der Waals surface area contributed by atoms with E-state index < -0.39 is 0 Å². The third kappa shape index (κ3) is 4.24. The molecule has 25 heavy (non-hydrogen) atoms. The zero-order valence-electron chi connectivity index (χ0n) is 13.8. The monoisotopic (exact) mass is 361 g/mol. The van der Waals surface area contributed by atoms with Gasteiger partial charge in [0.15, 0.2) is 16.7 Å². The molecule has 0 aliphatic carbocycles. The van der Waals surface area contributed by atoms with E-state index in [9.17, 15) is 4.79 Å². The van der Waals surface area contributed by atoms with Gasteiger partial charge in [0.2, 0.25) is 12.7 Å². The van der Waals surface area contributed by atoms with Crippen molar-refractivity contribution in [2.24, 2.45) is 0 Å². The van der Waals surface area contributed by atoms with Gasteiger partial charge in [0, 0.05) is 19.2 Å². The molecule has 0 saturated heterocycles. The third-order valence-corrected chi connectivity index (χ3v) is 4.45. The number of nitrogens with zero attached hydrogens (tertiary/aromatic N) is 3. The van der Waals surface area contributed by atoms with Gasteiger partial charge < -0.3 is 25.8 Å². The summed E-state index contributed by atoms with van der Waals surface area (Å²) in [6, 6.07) is 7.16. The van der Waals surface area contributed by atoms with Crippen molar-refractivity contribution in [2.75, 3.05) is 30.6 Å². The van der Waals surface area contributed by atoms with Crippen LogP contribution < -0.4 is 20.9 Å². The summed E-state index contributed by atoms with van der Waals surface area (Å²) in [4.78, 5) is 22.4. The second-order valence-corrected chi connectivity index (χ2v) is 6.33. The maximum Gasteiger partial charge on any atom is 0.233 e. The smallest absolute Gasteiger partial charge is 0.233 e. The summed E-state index contributed by atoms with van der Waals surface area (Å²) >= 11 is 1.21. The van der Waals surface area contributed by atoms with Crippen LogP contribution in [0.1, 0.15) is 12.5 Å². The Labute approximate surface area is 149 Å². The Bertz CT molecular complexity index is 766. The molecule has 2 aromatic rings. The predicted octanol–water partition coefficient (Wildman–Crippen LogP) is 1.51. The minimum absolute atomic E-state index is 0.0187. The van der Waals surface area contributed by atoms with Gasteiger partial charge in [-0.15, -0.1) is 0 Å². The first-order valence-corrected chi connectivity index (χ1v) is 8.73. The standard InChI is InChI=1S/C16H19N5O3S/c1-2-21(7-10-3-4-11-12(5-10)24-9-23-11)15(22)8-25-16-19-13(17)6-14(18)20-16/h3-6H,2,7-9H2,1H3,(H4,17,18,19,20). The van der Waals surface area contributed by atoms with E-state index in [2.05, 4.69) is 9.97 Å². The topological polar surface area (TPSA) is 117 Å². The number of fused-ring (bicyclic) bond motifs is 1. The molecule has 0 radical (unpaired) electrons. The van der Waals surface area contributed by atoms with Crippen molar-refractivity contribution < 1.29 is 14.3 Å². The van der Waals surface area contributed by atoms with Crippen LogP contribution in [-0.2, 0) is 11.3 Å². The molecule has 0 bridgehead atoms. The fourth-order valence-corrected chi connectivity index (χ4v) is 3.16. The predicted molar refractivity (Wildman–Crippen MR) is 95.2 cm³/mol. The second-order valence-electron chi connectivity index (χ2n) is 5.38.